The summed E-state index contributed by atoms with van der Waals surface area (Å²) >= 11 is 0. The molecule has 0 aromatic heterocycles. The van der Waals surface area contributed by atoms with Crippen molar-refractivity contribution in [1.29, 1.82) is 0 Å². The van der Waals surface area contributed by atoms with E-state index < -0.39 is 4.92 Å². The Morgan fingerprint density at radius 2 is 1.67 bits per heavy atom. The van der Waals surface area contributed by atoms with Crippen LogP contribution in [-0.2, 0) is 0 Å². The first-order chi connectivity index (χ1) is 8.60. The maximum absolute atomic E-state index is 10.8. The highest BCUT2D eigenvalue weighted by molar-refractivity contribution is 5.55. The van der Waals surface area contributed by atoms with E-state index in [0.29, 0.717) is 30.3 Å². The average molecular weight is 252 g/mol. The number of nitro benzene ring substituents is 1. The molecular weight excluding hydrogens is 234 g/mol. The fraction of sp³-hybridized carbons (Fsp3) is 0.462. The van der Waals surface area contributed by atoms with Crippen LogP contribution < -0.4 is 9.47 Å². The second-order valence-corrected chi connectivity index (χ2v) is 3.88. The van der Waals surface area contributed by atoms with E-state index in [9.17, 15) is 10.1 Å². The van der Waals surface area contributed by atoms with E-state index in [-0.39, 0.29) is 5.69 Å². The molecule has 0 aliphatic carbocycles. The van der Waals surface area contributed by atoms with Gasteiger partial charge in [0.25, 0.3) is 5.69 Å². The van der Waals surface area contributed by atoms with Crippen molar-refractivity contribution in [3.63, 3.8) is 0 Å². The molecule has 0 amide bonds. The van der Waals surface area contributed by atoms with Gasteiger partial charge in [-0.25, -0.2) is 0 Å². The number of nitro groups is 1. The van der Waals surface area contributed by atoms with E-state index in [1.165, 1.54) is 6.07 Å². The van der Waals surface area contributed by atoms with Crippen LogP contribution >= 0.6 is 0 Å². The predicted molar refractivity (Wildman–Crippen MR) is 69.1 cm³/mol. The van der Waals surface area contributed by atoms with E-state index in [2.05, 4.69) is 6.92 Å². The largest absolute Gasteiger partial charge is 0.490 e. The van der Waals surface area contributed by atoms with Crippen molar-refractivity contribution in [2.45, 2.75) is 26.7 Å². The first kappa shape index (κ1) is 14.3. The third-order valence-corrected chi connectivity index (χ3v) is 2.27. The molecule has 0 saturated heterocycles. The quantitative estimate of drug-likeness (QED) is 0.551. The Balaban J connectivity index is 3.06. The molecular formula is C13H18NO4. The van der Waals surface area contributed by atoms with E-state index in [0.717, 1.165) is 12.8 Å². The molecule has 5 heteroatoms. The molecule has 0 bridgehead atoms. The van der Waals surface area contributed by atoms with Gasteiger partial charge in [-0.2, -0.15) is 0 Å². The van der Waals surface area contributed by atoms with Gasteiger partial charge in [0.2, 0.25) is 0 Å². The summed E-state index contributed by atoms with van der Waals surface area (Å²) in [5.41, 5.74) is 0.278. The number of nitrogens with zero attached hydrogens (tertiary/aromatic N) is 1. The van der Waals surface area contributed by atoms with Crippen LogP contribution in [0, 0.1) is 17.0 Å². The van der Waals surface area contributed by atoms with Crippen LogP contribution in [0.5, 0.6) is 11.5 Å². The first-order valence-corrected chi connectivity index (χ1v) is 6.00. The number of ether oxygens (including phenoxy) is 2. The van der Waals surface area contributed by atoms with Crippen molar-refractivity contribution in [2.75, 3.05) is 13.2 Å². The molecule has 0 unspecified atom stereocenters. The molecule has 0 spiro atoms. The lowest BCUT2D eigenvalue weighted by molar-refractivity contribution is -0.385. The molecule has 1 aromatic rings. The highest BCUT2D eigenvalue weighted by atomic mass is 16.6. The van der Waals surface area contributed by atoms with Gasteiger partial charge in [0.1, 0.15) is 0 Å². The van der Waals surface area contributed by atoms with Gasteiger partial charge in [-0.15, -0.1) is 0 Å². The van der Waals surface area contributed by atoms with Gasteiger partial charge in [-0.05, 0) is 25.8 Å². The van der Waals surface area contributed by atoms with Crippen molar-refractivity contribution >= 4 is 5.69 Å². The maximum Gasteiger partial charge on any atom is 0.276 e. The zero-order valence-corrected chi connectivity index (χ0v) is 10.8. The molecule has 1 radical (unpaired) electrons. The Labute approximate surface area is 107 Å². The van der Waals surface area contributed by atoms with Crippen LogP contribution in [0.2, 0.25) is 0 Å². The van der Waals surface area contributed by atoms with Crippen molar-refractivity contribution < 1.29 is 14.4 Å². The Bertz CT molecular complexity index is 418. The molecule has 0 aliphatic rings. The number of rotatable bonds is 7. The smallest absolute Gasteiger partial charge is 0.276 e. The minimum atomic E-state index is -0.468. The standard InChI is InChI=1S/C13H18NO4/c1-4-6-17-12-8-10(3)11(14(15)16)9-13(12)18-7-5-2/h8-9H,3-7H2,1-2H3. The Morgan fingerprint density at radius 3 is 2.11 bits per heavy atom. The number of hydrogen-bond donors (Lipinski definition) is 0. The second kappa shape index (κ2) is 6.83. The summed E-state index contributed by atoms with van der Waals surface area (Å²) in [5, 5.41) is 10.8. The van der Waals surface area contributed by atoms with Crippen LogP contribution in [0.25, 0.3) is 0 Å². The van der Waals surface area contributed by atoms with Crippen LogP contribution in [0.4, 0.5) is 5.69 Å². The summed E-state index contributed by atoms with van der Waals surface area (Å²) in [7, 11) is 0. The van der Waals surface area contributed by atoms with E-state index in [1.54, 1.807) is 6.07 Å². The van der Waals surface area contributed by atoms with Crippen LogP contribution in [0.1, 0.15) is 32.3 Å². The molecule has 0 atom stereocenters. The predicted octanol–water partition coefficient (Wildman–Crippen LogP) is 3.35. The molecule has 5 nitrogen and oxygen atoms in total. The Kier molecular flexibility index (Phi) is 5.42. The monoisotopic (exact) mass is 252 g/mol. The van der Waals surface area contributed by atoms with Gasteiger partial charge in [0, 0.05) is 5.56 Å². The van der Waals surface area contributed by atoms with Crippen LogP contribution in [-0.4, -0.2) is 18.1 Å². The lowest BCUT2D eigenvalue weighted by Gasteiger charge is -2.12. The highest BCUT2D eigenvalue weighted by Gasteiger charge is 2.17. The fourth-order valence-corrected chi connectivity index (χ4v) is 1.41. The van der Waals surface area contributed by atoms with Gasteiger partial charge in [-0.3, -0.25) is 10.1 Å². The number of hydrogen-bond acceptors (Lipinski definition) is 4. The Hall–Kier alpha value is -1.78. The normalized spacial score (nSPS) is 10.2. The zero-order valence-electron chi connectivity index (χ0n) is 10.8. The summed E-state index contributed by atoms with van der Waals surface area (Å²) < 4.78 is 11.0. The van der Waals surface area contributed by atoms with Gasteiger partial charge in [-0.1, -0.05) is 13.8 Å². The fourth-order valence-electron chi connectivity index (χ4n) is 1.41. The van der Waals surface area contributed by atoms with E-state index in [4.69, 9.17) is 9.47 Å². The lowest BCUT2D eigenvalue weighted by Crippen LogP contribution is -2.03. The Morgan fingerprint density at radius 1 is 1.17 bits per heavy atom. The topological polar surface area (TPSA) is 61.6 Å². The van der Waals surface area contributed by atoms with Crippen LogP contribution in [0.3, 0.4) is 0 Å². The second-order valence-electron chi connectivity index (χ2n) is 3.88. The van der Waals surface area contributed by atoms with Crippen LogP contribution in [0.15, 0.2) is 12.1 Å². The number of benzene rings is 1. The molecule has 0 N–H and O–H groups in total. The zero-order chi connectivity index (χ0) is 13.5. The first-order valence-electron chi connectivity index (χ1n) is 6.00. The minimum absolute atomic E-state index is 0.0510. The van der Waals surface area contributed by atoms with Gasteiger partial charge < -0.3 is 9.47 Å². The molecule has 0 fully saturated rings. The van der Waals surface area contributed by atoms with E-state index >= 15 is 0 Å². The van der Waals surface area contributed by atoms with Gasteiger partial charge in [0.15, 0.2) is 11.5 Å². The lowest BCUT2D eigenvalue weighted by atomic mass is 10.2. The minimum Gasteiger partial charge on any atom is -0.490 e. The molecule has 0 saturated carbocycles. The molecule has 99 valence electrons. The van der Waals surface area contributed by atoms with Crippen molar-refractivity contribution in [3.8, 4) is 11.5 Å². The van der Waals surface area contributed by atoms with E-state index in [1.807, 2.05) is 13.8 Å². The summed E-state index contributed by atoms with van der Waals surface area (Å²) in [6, 6.07) is 2.93. The third kappa shape index (κ3) is 3.61. The molecule has 0 aliphatic heterocycles. The molecule has 18 heavy (non-hydrogen) atoms. The maximum atomic E-state index is 10.8. The average Bonchev–Trinajstić information content (AvgIpc) is 2.34. The summed E-state index contributed by atoms with van der Waals surface area (Å²) in [6.07, 6.45) is 1.68. The van der Waals surface area contributed by atoms with Crippen molar-refractivity contribution in [1.82, 2.24) is 0 Å². The summed E-state index contributed by atoms with van der Waals surface area (Å²) in [5.74, 6) is 0.922. The summed E-state index contributed by atoms with van der Waals surface area (Å²) in [4.78, 5) is 10.4. The molecule has 0 heterocycles. The van der Waals surface area contributed by atoms with Gasteiger partial charge >= 0.3 is 0 Å². The molecule has 1 rings (SSSR count). The summed E-state index contributed by atoms with van der Waals surface area (Å²) in [6.45, 7) is 8.65. The highest BCUT2D eigenvalue weighted by Crippen LogP contribution is 2.34. The van der Waals surface area contributed by atoms with Gasteiger partial charge in [0.05, 0.1) is 24.2 Å². The third-order valence-electron chi connectivity index (χ3n) is 2.27. The van der Waals surface area contributed by atoms with Crippen molar-refractivity contribution in [2.24, 2.45) is 0 Å². The molecule has 1 aromatic carbocycles. The van der Waals surface area contributed by atoms with Crippen molar-refractivity contribution in [3.05, 3.63) is 34.7 Å². The SMILES string of the molecule is [CH2]c1cc(OCCC)c(OCCC)cc1[N+](=O)[O-].